The average molecular weight is 1210 g/mol. The molecule has 4 saturated carbocycles. The molecule has 482 valence electrons. The summed E-state index contributed by atoms with van der Waals surface area (Å²) in [6.45, 7) is 17.3. The van der Waals surface area contributed by atoms with Crippen LogP contribution in [0, 0.1) is 56.7 Å². The van der Waals surface area contributed by atoms with Crippen molar-refractivity contribution in [2.75, 3.05) is 19.8 Å². The van der Waals surface area contributed by atoms with Gasteiger partial charge in [-0.3, -0.25) is 4.79 Å². The molecule has 25 heteroatoms. The van der Waals surface area contributed by atoms with Gasteiger partial charge in [-0.05, 0) is 123 Å². The van der Waals surface area contributed by atoms with Crippen molar-refractivity contribution in [3.63, 3.8) is 0 Å². The van der Waals surface area contributed by atoms with Crippen LogP contribution < -0.4 is 0 Å². The number of aliphatic hydroxyl groups excluding tert-OH is 14. The number of hydrogen-bond donors (Lipinski definition) is 14. The van der Waals surface area contributed by atoms with Crippen molar-refractivity contribution in [1.29, 1.82) is 0 Å². The number of fused-ring (bicyclic) bond motifs is 7. The summed E-state index contributed by atoms with van der Waals surface area (Å²) in [5, 5.41) is 151. The van der Waals surface area contributed by atoms with E-state index in [1.165, 1.54) is 19.4 Å². The highest BCUT2D eigenvalue weighted by molar-refractivity contribution is 5.79. The SMILES string of the molecule is CC(C)C1CCC2(C(=O)OC3OC(COC4OC(CO)C(OC5OC(C)C(O)C(O)C5O)C(O)C4O)C(O)C(O)C3O)CCC3(C)C(=CCC4C5(C)CCC(OC6OCC(O)C(O)C6OC6OC(C)C(O)C(O)C6O)C(C)(C)C5CCC43C)C12. The van der Waals surface area contributed by atoms with E-state index in [1.54, 1.807) is 0 Å². The normalized spacial score (nSPS) is 54.8. The van der Waals surface area contributed by atoms with E-state index in [0.29, 0.717) is 25.7 Å². The molecule has 14 N–H and O–H groups in total. The molecule has 33 unspecified atom stereocenters. The van der Waals surface area contributed by atoms with Gasteiger partial charge in [-0.15, -0.1) is 0 Å². The molecule has 5 saturated heterocycles. The van der Waals surface area contributed by atoms with Gasteiger partial charge in [0.25, 0.3) is 0 Å². The summed E-state index contributed by atoms with van der Waals surface area (Å²) in [6, 6.07) is 0. The second-order valence-electron chi connectivity index (χ2n) is 28.1. The molecular formula is C59H96O25. The second kappa shape index (κ2) is 24.2. The number of allylic oxidation sites excluding steroid dienone is 2. The Morgan fingerprint density at radius 1 is 0.583 bits per heavy atom. The monoisotopic (exact) mass is 1200 g/mol. The predicted molar refractivity (Wildman–Crippen MR) is 287 cm³/mol. The minimum Gasteiger partial charge on any atom is -0.432 e. The quantitative estimate of drug-likeness (QED) is 0.0557. The Morgan fingerprint density at radius 3 is 1.79 bits per heavy atom. The number of rotatable bonds is 13. The van der Waals surface area contributed by atoms with Crippen LogP contribution in [0.4, 0.5) is 0 Å². The standard InChI is InChI=1S/C59H96O25/c1-23(2)26-12-17-59(54(74)84-52-45(72)41(68)38(65)30(80-52)22-76-49-46(73)42(69)47(29(20-60)79-49)82-50-43(70)39(66)35(62)24(3)77-50)19-18-57(8)27(34(26)59)10-11-32-56(7)15-14-33(55(5,6)31(56)13-16-58(32,57)9)81-53-48(37(64)28(61)21-75-53)83-51-44(71)40(67)36(63)25(4)78-51/h10,23-26,28-53,60-73H,11-22H2,1-9H3. The summed E-state index contributed by atoms with van der Waals surface area (Å²) in [5.74, 6) is -0.129. The largest absolute Gasteiger partial charge is 0.432 e. The maximum Gasteiger partial charge on any atom is 0.315 e. The van der Waals surface area contributed by atoms with E-state index >= 15 is 4.79 Å². The van der Waals surface area contributed by atoms with Crippen LogP contribution >= 0.6 is 0 Å². The maximum atomic E-state index is 15.2. The molecule has 5 aliphatic heterocycles. The van der Waals surface area contributed by atoms with Gasteiger partial charge in [0.15, 0.2) is 25.2 Å². The molecule has 84 heavy (non-hydrogen) atoms. The van der Waals surface area contributed by atoms with Crippen LogP contribution in [0.3, 0.4) is 0 Å². The summed E-state index contributed by atoms with van der Waals surface area (Å²) in [7, 11) is 0. The molecule has 0 aromatic carbocycles. The van der Waals surface area contributed by atoms with Crippen LogP contribution in [0.5, 0.6) is 0 Å². The smallest absolute Gasteiger partial charge is 0.315 e. The zero-order chi connectivity index (χ0) is 61.2. The molecule has 0 radical (unpaired) electrons. The first kappa shape index (κ1) is 65.2. The molecule has 0 aromatic rings. The third kappa shape index (κ3) is 10.7. The molecule has 5 heterocycles. The second-order valence-corrected chi connectivity index (χ2v) is 28.1. The van der Waals surface area contributed by atoms with Crippen molar-refractivity contribution >= 4 is 5.97 Å². The molecular weight excluding hydrogens is 1110 g/mol. The van der Waals surface area contributed by atoms with Gasteiger partial charge in [-0.2, -0.15) is 0 Å². The molecule has 5 aliphatic carbocycles. The topological polar surface area (TPSA) is 393 Å². The van der Waals surface area contributed by atoms with E-state index in [2.05, 4.69) is 54.5 Å². The summed E-state index contributed by atoms with van der Waals surface area (Å²) in [5.41, 5.74) is -0.928. The number of hydrogen-bond acceptors (Lipinski definition) is 25. The Bertz CT molecular complexity index is 2330. The molecule has 0 bridgehead atoms. The molecule has 9 fully saturated rings. The molecule has 0 aromatic heterocycles. The highest BCUT2D eigenvalue weighted by Gasteiger charge is 2.71. The lowest BCUT2D eigenvalue weighted by atomic mass is 9.34. The third-order valence-electron chi connectivity index (χ3n) is 23.1. The van der Waals surface area contributed by atoms with Crippen molar-refractivity contribution in [3.8, 4) is 0 Å². The van der Waals surface area contributed by atoms with E-state index in [0.717, 1.165) is 32.1 Å². The van der Waals surface area contributed by atoms with Gasteiger partial charge < -0.3 is 119 Å². The first-order chi connectivity index (χ1) is 39.4. The minimum atomic E-state index is -1.88. The predicted octanol–water partition coefficient (Wildman–Crippen LogP) is -1.66. The van der Waals surface area contributed by atoms with E-state index in [1.807, 2.05) is 0 Å². The summed E-state index contributed by atoms with van der Waals surface area (Å²) < 4.78 is 59.7. The van der Waals surface area contributed by atoms with Gasteiger partial charge in [0.1, 0.15) is 104 Å². The number of ether oxygens (including phenoxy) is 10. The van der Waals surface area contributed by atoms with Gasteiger partial charge in [-0.25, -0.2) is 0 Å². The van der Waals surface area contributed by atoms with E-state index in [9.17, 15) is 71.5 Å². The van der Waals surface area contributed by atoms with Gasteiger partial charge in [0, 0.05) is 0 Å². The highest BCUT2D eigenvalue weighted by Crippen LogP contribution is 2.76. The van der Waals surface area contributed by atoms with Crippen LogP contribution in [-0.2, 0) is 52.2 Å². The van der Waals surface area contributed by atoms with Crippen LogP contribution in [0.15, 0.2) is 11.6 Å². The molecule has 10 aliphatic rings. The van der Waals surface area contributed by atoms with E-state index in [-0.39, 0.29) is 58.5 Å². The number of carbonyl (C=O) groups excluding carboxylic acids is 1. The first-order valence-corrected chi connectivity index (χ1v) is 30.6. The lowest BCUT2D eigenvalue weighted by molar-refractivity contribution is -0.364. The first-order valence-electron chi connectivity index (χ1n) is 30.6. The van der Waals surface area contributed by atoms with Crippen LogP contribution in [0.2, 0.25) is 0 Å². The Hall–Kier alpha value is -1.71. The zero-order valence-corrected chi connectivity index (χ0v) is 49.6. The fraction of sp³-hybridized carbons (Fsp3) is 0.949. The molecule has 10 rings (SSSR count). The molecule has 0 spiro atoms. The molecule has 25 nitrogen and oxygen atoms in total. The van der Waals surface area contributed by atoms with Crippen molar-refractivity contribution in [2.45, 2.75) is 274 Å². The molecule has 33 atom stereocenters. The number of aliphatic hydroxyl groups is 14. The lowest BCUT2D eigenvalue weighted by Gasteiger charge is -2.70. The summed E-state index contributed by atoms with van der Waals surface area (Å²) in [6.07, 6.45) is -28.5. The minimum absolute atomic E-state index is 0.101. The van der Waals surface area contributed by atoms with Gasteiger partial charge in [0.05, 0.1) is 43.5 Å². The Morgan fingerprint density at radius 2 is 1.17 bits per heavy atom. The fourth-order valence-electron chi connectivity index (χ4n) is 17.8. The van der Waals surface area contributed by atoms with Crippen LogP contribution in [0.1, 0.15) is 120 Å². The lowest BCUT2D eigenvalue weighted by Crippen LogP contribution is -2.66. The Balaban J connectivity index is 0.826. The molecule has 0 amide bonds. The van der Waals surface area contributed by atoms with Crippen molar-refractivity contribution in [2.24, 2.45) is 56.7 Å². The third-order valence-corrected chi connectivity index (χ3v) is 23.1. The van der Waals surface area contributed by atoms with Gasteiger partial charge >= 0.3 is 5.97 Å². The zero-order valence-electron chi connectivity index (χ0n) is 49.6. The maximum absolute atomic E-state index is 15.2. The van der Waals surface area contributed by atoms with Gasteiger partial charge in [0.2, 0.25) is 6.29 Å². The Kier molecular flexibility index (Phi) is 18.8. The van der Waals surface area contributed by atoms with E-state index < -0.39 is 177 Å². The number of carbonyl (C=O) groups is 1. The Labute approximate surface area is 490 Å². The van der Waals surface area contributed by atoms with Crippen molar-refractivity contribution in [3.05, 3.63) is 11.6 Å². The summed E-state index contributed by atoms with van der Waals surface area (Å²) >= 11 is 0. The average Bonchev–Trinajstić information content (AvgIpc) is 1.04. The van der Waals surface area contributed by atoms with E-state index in [4.69, 9.17) is 47.4 Å². The van der Waals surface area contributed by atoms with Gasteiger partial charge in [-0.1, -0.05) is 60.1 Å². The highest BCUT2D eigenvalue weighted by atomic mass is 16.8. The van der Waals surface area contributed by atoms with Crippen molar-refractivity contribution < 1.29 is 124 Å². The fourth-order valence-corrected chi connectivity index (χ4v) is 17.8. The van der Waals surface area contributed by atoms with Crippen molar-refractivity contribution in [1.82, 2.24) is 0 Å². The summed E-state index contributed by atoms with van der Waals surface area (Å²) in [4.78, 5) is 15.2. The van der Waals surface area contributed by atoms with Crippen LogP contribution in [0.25, 0.3) is 0 Å². The number of esters is 1. The van der Waals surface area contributed by atoms with Crippen LogP contribution in [-0.4, -0.2) is 251 Å².